The highest BCUT2D eigenvalue weighted by molar-refractivity contribution is 8.14. The third-order valence-electron chi connectivity index (χ3n) is 4.72. The fourth-order valence-electron chi connectivity index (χ4n) is 3.20. The number of aryl methyl sites for hydroxylation is 1. The molecule has 1 aromatic heterocycles. The van der Waals surface area contributed by atoms with Crippen LogP contribution in [0, 0.1) is 23.0 Å². The van der Waals surface area contributed by atoms with E-state index in [9.17, 15) is 10.1 Å². The van der Waals surface area contributed by atoms with Crippen molar-refractivity contribution in [1.82, 2.24) is 9.88 Å². The van der Waals surface area contributed by atoms with Crippen LogP contribution in [0.2, 0.25) is 0 Å². The van der Waals surface area contributed by atoms with Gasteiger partial charge in [-0.05, 0) is 24.5 Å². The molecular formula is C19H26N5O2S+. The summed E-state index contributed by atoms with van der Waals surface area (Å²) in [4.78, 5) is 20.7. The predicted octanol–water partition coefficient (Wildman–Crippen LogP) is 3.45. The number of non-ortho nitro benzene ring substituents is 1. The number of nitrogens with zero attached hydrogens (tertiary/aromatic N) is 4. The third-order valence-corrected chi connectivity index (χ3v) is 5.91. The first-order valence-electron chi connectivity index (χ1n) is 9.09. The molecule has 1 N–H and O–H groups in total. The molecule has 0 amide bonds. The van der Waals surface area contributed by atoms with E-state index in [4.69, 9.17) is 4.99 Å². The van der Waals surface area contributed by atoms with Gasteiger partial charge >= 0.3 is 0 Å². The maximum Gasteiger partial charge on any atom is 0.269 e. The monoisotopic (exact) mass is 388 g/mol. The number of likely N-dealkylation sites (N-methyl/N-ethyl adjacent to an activating group) is 1. The second-order valence-corrected chi connectivity index (χ2v) is 8.37. The summed E-state index contributed by atoms with van der Waals surface area (Å²) in [5.41, 5.74) is 3.00. The summed E-state index contributed by atoms with van der Waals surface area (Å²) in [7, 11) is 2.07. The quantitative estimate of drug-likeness (QED) is 0.467. The average molecular weight is 389 g/mol. The first-order chi connectivity index (χ1) is 12.8. The molecule has 0 saturated carbocycles. The zero-order chi connectivity index (χ0) is 19.6. The van der Waals surface area contributed by atoms with Gasteiger partial charge in [-0.2, -0.15) is 0 Å². The molecule has 2 aromatic rings. The molecule has 1 atom stereocenters. The molecule has 0 bridgehead atoms. The van der Waals surface area contributed by atoms with E-state index in [1.54, 1.807) is 23.9 Å². The molecule has 27 heavy (non-hydrogen) atoms. The van der Waals surface area contributed by atoms with Gasteiger partial charge in [-0.25, -0.2) is 14.5 Å². The molecule has 1 aromatic carbocycles. The van der Waals surface area contributed by atoms with Gasteiger partial charge in [0.2, 0.25) is 6.33 Å². The minimum absolute atomic E-state index is 0.101. The van der Waals surface area contributed by atoms with Gasteiger partial charge in [0.05, 0.1) is 17.2 Å². The van der Waals surface area contributed by atoms with Crippen LogP contribution in [0.5, 0.6) is 0 Å². The number of nitro groups is 1. The minimum Gasteiger partial charge on any atom is -0.350 e. The highest BCUT2D eigenvalue weighted by atomic mass is 32.2. The number of amidine groups is 1. The maximum absolute atomic E-state index is 10.9. The molecule has 0 radical (unpaired) electrons. The molecule has 1 aliphatic rings. The largest absolute Gasteiger partial charge is 0.350 e. The fraction of sp³-hybridized carbons (Fsp3) is 0.474. The molecule has 2 heterocycles. The Bertz CT molecular complexity index is 862. The number of hydrogen-bond donors (Lipinski definition) is 1. The molecule has 0 unspecified atom stereocenters. The van der Waals surface area contributed by atoms with Crippen molar-refractivity contribution in [2.24, 2.45) is 10.9 Å². The normalized spacial score (nSPS) is 18.6. The van der Waals surface area contributed by atoms with Gasteiger partial charge in [-0.1, -0.05) is 25.6 Å². The topological polar surface area (TPSA) is 78.4 Å². The molecule has 1 fully saturated rings. The van der Waals surface area contributed by atoms with Crippen molar-refractivity contribution in [2.75, 3.05) is 12.8 Å². The summed E-state index contributed by atoms with van der Waals surface area (Å²) in [6.45, 7) is 7.31. The van der Waals surface area contributed by atoms with Gasteiger partial charge in [-0.3, -0.25) is 10.1 Å². The predicted molar refractivity (Wildman–Crippen MR) is 108 cm³/mol. The van der Waals surface area contributed by atoms with Crippen LogP contribution in [-0.4, -0.2) is 38.8 Å². The van der Waals surface area contributed by atoms with Crippen LogP contribution in [0.1, 0.15) is 25.1 Å². The van der Waals surface area contributed by atoms with E-state index in [-0.39, 0.29) is 10.6 Å². The maximum atomic E-state index is 10.9. The van der Waals surface area contributed by atoms with Gasteiger partial charge < -0.3 is 4.90 Å². The third kappa shape index (κ3) is 4.50. The van der Waals surface area contributed by atoms with Gasteiger partial charge in [-0.15, -0.1) is 0 Å². The Kier molecular flexibility index (Phi) is 5.84. The Hall–Kier alpha value is -2.35. The number of thioether (sulfide) groups is 1. The van der Waals surface area contributed by atoms with Gasteiger partial charge in [0.15, 0.2) is 5.17 Å². The lowest BCUT2D eigenvalue weighted by atomic mass is 10.1. The molecule has 0 aliphatic carbocycles. The molecule has 1 saturated heterocycles. The highest BCUT2D eigenvalue weighted by Gasteiger charge is 2.29. The Labute approximate surface area is 163 Å². The number of H-pyrrole nitrogens is 1. The van der Waals surface area contributed by atoms with Crippen LogP contribution in [0.4, 0.5) is 11.4 Å². The van der Waals surface area contributed by atoms with Crippen molar-refractivity contribution in [3.8, 4) is 0 Å². The van der Waals surface area contributed by atoms with Crippen LogP contribution >= 0.6 is 11.8 Å². The molecule has 0 spiro atoms. The van der Waals surface area contributed by atoms with E-state index in [1.807, 2.05) is 13.3 Å². The molecular weight excluding hydrogens is 362 g/mol. The number of nitrogens with one attached hydrogen (secondary N) is 1. The Morgan fingerprint density at radius 1 is 1.48 bits per heavy atom. The van der Waals surface area contributed by atoms with E-state index in [2.05, 4.69) is 41.5 Å². The first kappa shape index (κ1) is 19.4. The Balaban J connectivity index is 1.73. The number of hydrogen-bond acceptors (Lipinski definition) is 4. The standard InChI is InChI=1S/C19H25N5O2S/c1-13(2)10-23-12-20-9-16(23)8-17-11-27-19(22(17)4)21-18-6-5-15(24(25)26)7-14(18)3/h5-7,9,12-13,17H,8,10-11H2,1-4H3/p+1/t17-/m0/s1. The number of benzene rings is 1. The smallest absolute Gasteiger partial charge is 0.269 e. The number of nitro benzene ring substituents is 1. The number of aromatic nitrogens is 2. The SMILES string of the molecule is Cc1cc([N+](=O)[O-])ccc1N=C1SC[C@H](Cc2c[nH]c[n+]2CC(C)C)N1C. The summed E-state index contributed by atoms with van der Waals surface area (Å²) >= 11 is 1.74. The molecule has 7 nitrogen and oxygen atoms in total. The van der Waals surface area contributed by atoms with Gasteiger partial charge in [0.1, 0.15) is 11.9 Å². The summed E-state index contributed by atoms with van der Waals surface area (Å²) in [6, 6.07) is 5.19. The second-order valence-electron chi connectivity index (χ2n) is 7.38. The minimum atomic E-state index is -0.375. The van der Waals surface area contributed by atoms with Crippen molar-refractivity contribution >= 4 is 28.3 Å². The fourth-order valence-corrected chi connectivity index (χ4v) is 4.40. The summed E-state index contributed by atoms with van der Waals surface area (Å²) in [5.74, 6) is 1.58. The lowest BCUT2D eigenvalue weighted by Crippen LogP contribution is -2.41. The van der Waals surface area contributed by atoms with E-state index in [0.717, 1.165) is 35.1 Å². The first-order valence-corrected chi connectivity index (χ1v) is 10.1. The van der Waals surface area contributed by atoms with Crippen molar-refractivity contribution in [1.29, 1.82) is 0 Å². The van der Waals surface area contributed by atoms with E-state index >= 15 is 0 Å². The number of imidazole rings is 1. The summed E-state index contributed by atoms with van der Waals surface area (Å²) < 4.78 is 2.29. The van der Waals surface area contributed by atoms with Crippen LogP contribution in [0.3, 0.4) is 0 Å². The van der Waals surface area contributed by atoms with Crippen LogP contribution in [0.15, 0.2) is 35.7 Å². The van der Waals surface area contributed by atoms with Crippen molar-refractivity contribution in [2.45, 2.75) is 39.8 Å². The number of aromatic amines is 1. The molecule has 8 heteroatoms. The van der Waals surface area contributed by atoms with Gasteiger partial charge in [0.25, 0.3) is 5.69 Å². The van der Waals surface area contributed by atoms with E-state index in [1.165, 1.54) is 11.8 Å². The Morgan fingerprint density at radius 3 is 2.93 bits per heavy atom. The van der Waals surface area contributed by atoms with E-state index < -0.39 is 0 Å². The average Bonchev–Trinajstić information content (AvgIpc) is 3.17. The zero-order valence-corrected chi connectivity index (χ0v) is 17.0. The van der Waals surface area contributed by atoms with Crippen LogP contribution in [0.25, 0.3) is 0 Å². The zero-order valence-electron chi connectivity index (χ0n) is 16.2. The second kappa shape index (κ2) is 8.12. The van der Waals surface area contributed by atoms with Crippen LogP contribution < -0.4 is 4.57 Å². The van der Waals surface area contributed by atoms with E-state index in [0.29, 0.717) is 12.0 Å². The number of aliphatic imine (C=N–C) groups is 1. The molecule has 3 rings (SSSR count). The number of rotatable bonds is 6. The van der Waals surface area contributed by atoms with Crippen molar-refractivity contribution in [3.05, 3.63) is 52.1 Å². The highest BCUT2D eigenvalue weighted by Crippen LogP contribution is 2.30. The van der Waals surface area contributed by atoms with Crippen molar-refractivity contribution in [3.63, 3.8) is 0 Å². The molecule has 144 valence electrons. The van der Waals surface area contributed by atoms with Crippen molar-refractivity contribution < 1.29 is 9.49 Å². The lowest BCUT2D eigenvalue weighted by molar-refractivity contribution is -0.708. The summed E-state index contributed by atoms with van der Waals surface area (Å²) in [5, 5.41) is 11.9. The van der Waals surface area contributed by atoms with Crippen LogP contribution in [-0.2, 0) is 13.0 Å². The van der Waals surface area contributed by atoms with Gasteiger partial charge in [0, 0.05) is 37.4 Å². The molecule has 1 aliphatic heterocycles. The Morgan fingerprint density at radius 2 is 2.26 bits per heavy atom. The lowest BCUT2D eigenvalue weighted by Gasteiger charge is -2.20. The summed E-state index contributed by atoms with van der Waals surface area (Å²) in [6.07, 6.45) is 5.07.